The lowest BCUT2D eigenvalue weighted by Crippen LogP contribution is -2.34. The number of aldehydes is 1. The number of sulfone groups is 1. The van der Waals surface area contributed by atoms with Crippen molar-refractivity contribution >= 4 is 22.2 Å². The van der Waals surface area contributed by atoms with Crippen LogP contribution in [0.3, 0.4) is 0 Å². The van der Waals surface area contributed by atoms with E-state index in [0.717, 1.165) is 6.26 Å². The number of nitrogens with one attached hydrogen (secondary N) is 1. The second-order valence-corrected chi connectivity index (χ2v) is 9.50. The highest BCUT2D eigenvalue weighted by Crippen LogP contribution is 2.27. The van der Waals surface area contributed by atoms with Crippen LogP contribution in [0, 0.1) is 0 Å². The van der Waals surface area contributed by atoms with E-state index < -0.39 is 21.5 Å². The Morgan fingerprint density at radius 1 is 1.10 bits per heavy atom. The molecule has 29 heavy (non-hydrogen) atoms. The molecule has 0 aromatic heterocycles. The number of carbonyl (C=O) groups excluding carboxylic acids is 2. The first-order valence-electron chi connectivity index (χ1n) is 8.98. The van der Waals surface area contributed by atoms with E-state index >= 15 is 0 Å². The van der Waals surface area contributed by atoms with E-state index in [4.69, 9.17) is 9.47 Å². The van der Waals surface area contributed by atoms with Crippen LogP contribution in [0.2, 0.25) is 0 Å². The Bertz CT molecular complexity index is 992. The summed E-state index contributed by atoms with van der Waals surface area (Å²) >= 11 is 0. The molecule has 7 nitrogen and oxygen atoms in total. The Morgan fingerprint density at radius 3 is 2.45 bits per heavy atom. The van der Waals surface area contributed by atoms with E-state index in [1.165, 1.54) is 6.07 Å². The minimum Gasteiger partial charge on any atom is -0.492 e. The average Bonchev–Trinajstić information content (AvgIpc) is 2.63. The maximum absolute atomic E-state index is 11.8. The van der Waals surface area contributed by atoms with Crippen LogP contribution < -0.4 is 10.1 Å². The summed E-state index contributed by atoms with van der Waals surface area (Å²) in [4.78, 5) is 23.1. The molecule has 1 N–H and O–H groups in total. The lowest BCUT2D eigenvalue weighted by atomic mass is 10.0. The standard InChI is InChI=1S/C21H25NO6S/c1-21(2,3)28-20(24)22-8-9-27-18-11-15(14-23)10-17(12-18)16-6-5-7-19(13-16)29(4,25)26/h5-7,10-14H,8-9H2,1-4H3,(H,22,24). The quantitative estimate of drug-likeness (QED) is 0.545. The Morgan fingerprint density at radius 2 is 1.83 bits per heavy atom. The zero-order valence-electron chi connectivity index (χ0n) is 16.9. The number of hydrogen-bond acceptors (Lipinski definition) is 6. The molecule has 2 aromatic carbocycles. The largest absolute Gasteiger partial charge is 0.492 e. The van der Waals surface area contributed by atoms with Gasteiger partial charge in [0.05, 0.1) is 11.4 Å². The summed E-state index contributed by atoms with van der Waals surface area (Å²) in [6.07, 6.45) is 1.29. The van der Waals surface area contributed by atoms with Gasteiger partial charge in [-0.25, -0.2) is 13.2 Å². The van der Waals surface area contributed by atoms with Gasteiger partial charge in [0, 0.05) is 11.8 Å². The molecule has 0 atom stereocenters. The van der Waals surface area contributed by atoms with Gasteiger partial charge in [0.25, 0.3) is 0 Å². The first-order valence-corrected chi connectivity index (χ1v) is 10.9. The Balaban J connectivity index is 2.12. The van der Waals surface area contributed by atoms with Crippen molar-refractivity contribution in [3.05, 3.63) is 48.0 Å². The number of hydrogen-bond donors (Lipinski definition) is 1. The molecular formula is C21H25NO6S. The Kier molecular flexibility index (Phi) is 7.02. The number of alkyl carbamates (subject to hydrolysis) is 1. The topological polar surface area (TPSA) is 98.8 Å². The van der Waals surface area contributed by atoms with E-state index in [2.05, 4.69) is 5.32 Å². The lowest BCUT2D eigenvalue weighted by molar-refractivity contribution is 0.0520. The molecule has 8 heteroatoms. The SMILES string of the molecule is CC(C)(C)OC(=O)NCCOc1cc(C=O)cc(-c2cccc(S(C)(=O)=O)c2)c1. The highest BCUT2D eigenvalue weighted by Gasteiger charge is 2.15. The van der Waals surface area contributed by atoms with E-state index in [0.29, 0.717) is 28.7 Å². The fraction of sp³-hybridized carbons (Fsp3) is 0.333. The smallest absolute Gasteiger partial charge is 0.407 e. The van der Waals surface area contributed by atoms with E-state index in [9.17, 15) is 18.0 Å². The molecule has 0 saturated carbocycles. The minimum atomic E-state index is -3.35. The van der Waals surface area contributed by atoms with Gasteiger partial charge in [0.2, 0.25) is 0 Å². The van der Waals surface area contributed by atoms with Crippen LogP contribution in [0.4, 0.5) is 4.79 Å². The molecule has 0 aliphatic rings. The van der Waals surface area contributed by atoms with Crippen molar-refractivity contribution in [3.63, 3.8) is 0 Å². The van der Waals surface area contributed by atoms with E-state index in [1.807, 2.05) is 0 Å². The Hall–Kier alpha value is -2.87. The fourth-order valence-electron chi connectivity index (χ4n) is 2.48. The van der Waals surface area contributed by atoms with Gasteiger partial charge < -0.3 is 14.8 Å². The van der Waals surface area contributed by atoms with Gasteiger partial charge in [0.1, 0.15) is 24.2 Å². The number of rotatable bonds is 7. The molecule has 0 fully saturated rings. The second-order valence-electron chi connectivity index (χ2n) is 7.49. The van der Waals surface area contributed by atoms with Crippen LogP contribution in [0.25, 0.3) is 11.1 Å². The van der Waals surface area contributed by atoms with Gasteiger partial charge in [-0.3, -0.25) is 4.79 Å². The van der Waals surface area contributed by atoms with E-state index in [-0.39, 0.29) is 18.0 Å². The fourth-order valence-corrected chi connectivity index (χ4v) is 3.15. The third kappa shape index (κ3) is 7.23. The average molecular weight is 419 g/mol. The third-order valence-corrected chi connectivity index (χ3v) is 4.81. The van der Waals surface area contributed by atoms with Gasteiger partial charge in [-0.2, -0.15) is 0 Å². The zero-order chi connectivity index (χ0) is 21.7. The van der Waals surface area contributed by atoms with E-state index in [1.54, 1.807) is 57.2 Å². The summed E-state index contributed by atoms with van der Waals surface area (Å²) in [6.45, 7) is 5.71. The van der Waals surface area contributed by atoms with Crippen molar-refractivity contribution in [2.45, 2.75) is 31.3 Å². The van der Waals surface area contributed by atoms with Crippen molar-refractivity contribution in [3.8, 4) is 16.9 Å². The number of ether oxygens (including phenoxy) is 2. The molecule has 0 bridgehead atoms. The number of benzene rings is 2. The van der Waals surface area contributed by atoms with Crippen LogP contribution in [-0.4, -0.2) is 45.8 Å². The van der Waals surface area contributed by atoms with Crippen molar-refractivity contribution < 1.29 is 27.5 Å². The first-order chi connectivity index (χ1) is 13.5. The zero-order valence-corrected chi connectivity index (χ0v) is 17.7. The molecule has 2 aromatic rings. The molecule has 0 unspecified atom stereocenters. The highest BCUT2D eigenvalue weighted by molar-refractivity contribution is 7.90. The van der Waals surface area contributed by atoms with Crippen LogP contribution in [0.1, 0.15) is 31.1 Å². The van der Waals surface area contributed by atoms with Crippen molar-refractivity contribution in [2.75, 3.05) is 19.4 Å². The molecule has 1 amide bonds. The number of carbonyl (C=O) groups is 2. The third-order valence-electron chi connectivity index (χ3n) is 3.70. The molecule has 0 heterocycles. The number of amides is 1. The molecule has 0 saturated heterocycles. The minimum absolute atomic E-state index is 0.171. The van der Waals surface area contributed by atoms with Crippen LogP contribution in [0.5, 0.6) is 5.75 Å². The molecule has 0 spiro atoms. The van der Waals surface area contributed by atoms with Crippen molar-refractivity contribution in [1.82, 2.24) is 5.32 Å². The maximum Gasteiger partial charge on any atom is 0.407 e. The van der Waals surface area contributed by atoms with Crippen LogP contribution in [0.15, 0.2) is 47.4 Å². The summed E-state index contributed by atoms with van der Waals surface area (Å²) in [6, 6.07) is 11.4. The van der Waals surface area contributed by atoms with Crippen molar-refractivity contribution in [2.24, 2.45) is 0 Å². The summed E-state index contributed by atoms with van der Waals surface area (Å²) < 4.78 is 34.4. The first kappa shape index (κ1) is 22.4. The van der Waals surface area contributed by atoms with Crippen LogP contribution >= 0.6 is 0 Å². The lowest BCUT2D eigenvalue weighted by Gasteiger charge is -2.19. The Labute approximate surface area is 170 Å². The van der Waals surface area contributed by atoms with Gasteiger partial charge >= 0.3 is 6.09 Å². The van der Waals surface area contributed by atoms with Gasteiger partial charge in [-0.15, -0.1) is 0 Å². The molecule has 156 valence electrons. The molecule has 2 rings (SSSR count). The summed E-state index contributed by atoms with van der Waals surface area (Å²) in [5, 5.41) is 2.59. The molecule has 0 aliphatic heterocycles. The van der Waals surface area contributed by atoms with Crippen LogP contribution in [-0.2, 0) is 14.6 Å². The highest BCUT2D eigenvalue weighted by atomic mass is 32.2. The predicted molar refractivity (Wildman–Crippen MR) is 110 cm³/mol. The summed E-state index contributed by atoms with van der Waals surface area (Å²) in [7, 11) is -3.35. The van der Waals surface area contributed by atoms with Crippen molar-refractivity contribution in [1.29, 1.82) is 0 Å². The monoisotopic (exact) mass is 419 g/mol. The second kappa shape index (κ2) is 9.09. The summed E-state index contributed by atoms with van der Waals surface area (Å²) in [5.41, 5.74) is 1.10. The van der Waals surface area contributed by atoms with Gasteiger partial charge in [0.15, 0.2) is 9.84 Å². The molecule has 0 aliphatic carbocycles. The normalized spacial score (nSPS) is 11.6. The molecule has 0 radical (unpaired) electrons. The van der Waals surface area contributed by atoms with Gasteiger partial charge in [-0.05, 0) is 62.2 Å². The van der Waals surface area contributed by atoms with Gasteiger partial charge in [-0.1, -0.05) is 12.1 Å². The summed E-state index contributed by atoms with van der Waals surface area (Å²) in [5.74, 6) is 0.431. The molecular weight excluding hydrogens is 394 g/mol. The predicted octanol–water partition coefficient (Wildman–Crippen LogP) is 3.47. The maximum atomic E-state index is 11.8.